The molecule has 90 valence electrons. The lowest BCUT2D eigenvalue weighted by Gasteiger charge is -2.23. The van der Waals surface area contributed by atoms with Gasteiger partial charge in [0, 0.05) is 11.5 Å². The molecule has 0 amide bonds. The van der Waals surface area contributed by atoms with E-state index in [1.165, 1.54) is 11.1 Å². The average molecular weight is 230 g/mol. The number of para-hydroxylation sites is 1. The molecule has 2 aliphatic rings. The van der Waals surface area contributed by atoms with Crippen LogP contribution in [0.25, 0.3) is 0 Å². The zero-order valence-corrected chi connectivity index (χ0v) is 10.3. The molecule has 1 aliphatic carbocycles. The van der Waals surface area contributed by atoms with Gasteiger partial charge in [-0.05, 0) is 37.8 Å². The standard InChI is InChI=1S/C15H18O2/c1-9(2)14-12-7-10(12)8-17-13-6-4-3-5-11(13)15(14)16/h3-6,10,12,15-16H,7-8H2,1-2H3/t10-,12-,15-/m1/s1. The van der Waals surface area contributed by atoms with Crippen molar-refractivity contribution < 1.29 is 9.84 Å². The molecular weight excluding hydrogens is 212 g/mol. The van der Waals surface area contributed by atoms with Crippen molar-refractivity contribution in [1.82, 2.24) is 0 Å². The first kappa shape index (κ1) is 10.8. The molecule has 1 heterocycles. The van der Waals surface area contributed by atoms with Crippen molar-refractivity contribution in [2.45, 2.75) is 26.4 Å². The Balaban J connectivity index is 2.09. The fourth-order valence-corrected chi connectivity index (χ4v) is 2.86. The summed E-state index contributed by atoms with van der Waals surface area (Å²) in [7, 11) is 0. The molecule has 1 aromatic carbocycles. The van der Waals surface area contributed by atoms with Crippen LogP contribution in [0.2, 0.25) is 0 Å². The molecule has 0 saturated heterocycles. The highest BCUT2D eigenvalue weighted by atomic mass is 16.5. The minimum absolute atomic E-state index is 0.494. The maximum atomic E-state index is 10.6. The van der Waals surface area contributed by atoms with Crippen LogP contribution in [0.5, 0.6) is 5.75 Å². The summed E-state index contributed by atoms with van der Waals surface area (Å²) < 4.78 is 5.80. The Morgan fingerprint density at radius 3 is 2.82 bits per heavy atom. The van der Waals surface area contributed by atoms with Gasteiger partial charge in [-0.25, -0.2) is 0 Å². The fraction of sp³-hybridized carbons (Fsp3) is 0.467. The molecule has 3 atom stereocenters. The van der Waals surface area contributed by atoms with E-state index in [-0.39, 0.29) is 0 Å². The summed E-state index contributed by atoms with van der Waals surface area (Å²) >= 11 is 0. The lowest BCUT2D eigenvalue weighted by molar-refractivity contribution is 0.186. The van der Waals surface area contributed by atoms with E-state index in [1.54, 1.807) is 0 Å². The second-order valence-electron chi connectivity index (χ2n) is 5.31. The Labute approximate surface area is 102 Å². The minimum atomic E-state index is -0.494. The number of allylic oxidation sites excluding steroid dienone is 1. The van der Waals surface area contributed by atoms with E-state index in [1.807, 2.05) is 24.3 Å². The number of ether oxygens (including phenoxy) is 1. The molecule has 0 spiro atoms. The van der Waals surface area contributed by atoms with Crippen molar-refractivity contribution in [2.75, 3.05) is 6.61 Å². The zero-order chi connectivity index (χ0) is 12.0. The molecule has 1 aromatic rings. The molecule has 2 heteroatoms. The number of aliphatic hydroxyl groups excluding tert-OH is 1. The van der Waals surface area contributed by atoms with Gasteiger partial charge in [0.2, 0.25) is 0 Å². The summed E-state index contributed by atoms with van der Waals surface area (Å²) in [5, 5.41) is 10.6. The lowest BCUT2D eigenvalue weighted by atomic mass is 9.92. The number of rotatable bonds is 0. The van der Waals surface area contributed by atoms with Crippen LogP contribution in [0, 0.1) is 11.8 Å². The molecule has 0 unspecified atom stereocenters. The Hall–Kier alpha value is -1.28. The molecule has 1 N–H and O–H groups in total. The number of fused-ring (bicyclic) bond motifs is 2. The highest BCUT2D eigenvalue weighted by Crippen LogP contribution is 2.52. The van der Waals surface area contributed by atoms with Crippen molar-refractivity contribution >= 4 is 0 Å². The van der Waals surface area contributed by atoms with Crippen molar-refractivity contribution in [1.29, 1.82) is 0 Å². The van der Waals surface area contributed by atoms with Crippen LogP contribution in [0.15, 0.2) is 35.4 Å². The Bertz CT molecular complexity index is 472. The van der Waals surface area contributed by atoms with Gasteiger partial charge in [-0.2, -0.15) is 0 Å². The van der Waals surface area contributed by atoms with Gasteiger partial charge < -0.3 is 9.84 Å². The second-order valence-corrected chi connectivity index (χ2v) is 5.31. The van der Waals surface area contributed by atoms with Crippen molar-refractivity contribution in [3.05, 3.63) is 41.0 Å². The number of aliphatic hydroxyl groups is 1. The van der Waals surface area contributed by atoms with E-state index in [2.05, 4.69) is 13.8 Å². The third-order valence-corrected chi connectivity index (χ3v) is 3.86. The van der Waals surface area contributed by atoms with Gasteiger partial charge >= 0.3 is 0 Å². The van der Waals surface area contributed by atoms with Gasteiger partial charge in [0.1, 0.15) is 11.9 Å². The van der Waals surface area contributed by atoms with Crippen LogP contribution in [-0.4, -0.2) is 11.7 Å². The van der Waals surface area contributed by atoms with Crippen molar-refractivity contribution in [3.8, 4) is 5.75 Å². The van der Waals surface area contributed by atoms with Crippen LogP contribution < -0.4 is 4.74 Å². The monoisotopic (exact) mass is 230 g/mol. The van der Waals surface area contributed by atoms with E-state index in [0.717, 1.165) is 24.3 Å². The number of hydrogen-bond acceptors (Lipinski definition) is 2. The van der Waals surface area contributed by atoms with Gasteiger partial charge in [0.05, 0.1) is 6.61 Å². The van der Waals surface area contributed by atoms with E-state index >= 15 is 0 Å². The van der Waals surface area contributed by atoms with Crippen molar-refractivity contribution in [2.24, 2.45) is 11.8 Å². The third-order valence-electron chi connectivity index (χ3n) is 3.86. The van der Waals surface area contributed by atoms with Gasteiger partial charge in [-0.3, -0.25) is 0 Å². The first-order valence-corrected chi connectivity index (χ1v) is 6.25. The molecule has 1 saturated carbocycles. The molecule has 3 rings (SSSR count). The third kappa shape index (κ3) is 1.77. The van der Waals surface area contributed by atoms with Gasteiger partial charge in [0.25, 0.3) is 0 Å². The van der Waals surface area contributed by atoms with Crippen LogP contribution in [0.3, 0.4) is 0 Å². The maximum absolute atomic E-state index is 10.6. The molecule has 1 fully saturated rings. The van der Waals surface area contributed by atoms with E-state index in [0.29, 0.717) is 11.8 Å². The predicted molar refractivity (Wildman–Crippen MR) is 66.9 cm³/mol. The molecule has 0 bridgehead atoms. The first-order valence-electron chi connectivity index (χ1n) is 6.25. The Morgan fingerprint density at radius 1 is 1.29 bits per heavy atom. The smallest absolute Gasteiger partial charge is 0.125 e. The average Bonchev–Trinajstić information content (AvgIpc) is 3.03. The van der Waals surface area contributed by atoms with Crippen LogP contribution in [0.1, 0.15) is 31.9 Å². The largest absolute Gasteiger partial charge is 0.493 e. The van der Waals surface area contributed by atoms with Gasteiger partial charge in [-0.1, -0.05) is 23.8 Å². The molecular formula is C15H18O2. The predicted octanol–water partition coefficient (Wildman–Crippen LogP) is 3.08. The topological polar surface area (TPSA) is 29.5 Å². The lowest BCUT2D eigenvalue weighted by Crippen LogP contribution is -2.14. The summed E-state index contributed by atoms with van der Waals surface area (Å²) in [5.41, 5.74) is 3.38. The SMILES string of the molecule is CC(C)=C1[C@H](O)c2ccccc2OC[C@H]2C[C@@H]12. The Kier molecular flexibility index (Phi) is 2.48. The quantitative estimate of drug-likeness (QED) is 0.694. The van der Waals surface area contributed by atoms with Gasteiger partial charge in [0.15, 0.2) is 0 Å². The summed E-state index contributed by atoms with van der Waals surface area (Å²) in [6.45, 7) is 4.98. The second kappa shape index (κ2) is 3.88. The Morgan fingerprint density at radius 2 is 2.06 bits per heavy atom. The molecule has 0 aromatic heterocycles. The van der Waals surface area contributed by atoms with Crippen LogP contribution in [0.4, 0.5) is 0 Å². The fourth-order valence-electron chi connectivity index (χ4n) is 2.86. The summed E-state index contributed by atoms with van der Waals surface area (Å²) in [5.74, 6) is 1.97. The zero-order valence-electron chi connectivity index (χ0n) is 10.3. The van der Waals surface area contributed by atoms with Gasteiger partial charge in [-0.15, -0.1) is 0 Å². The normalized spacial score (nSPS) is 30.5. The molecule has 17 heavy (non-hydrogen) atoms. The van der Waals surface area contributed by atoms with E-state index < -0.39 is 6.10 Å². The number of benzene rings is 1. The van der Waals surface area contributed by atoms with Crippen LogP contribution in [-0.2, 0) is 0 Å². The highest BCUT2D eigenvalue weighted by Gasteiger charge is 2.44. The summed E-state index contributed by atoms with van der Waals surface area (Å²) in [6.07, 6.45) is 0.664. The highest BCUT2D eigenvalue weighted by molar-refractivity contribution is 5.42. The van der Waals surface area contributed by atoms with Crippen LogP contribution >= 0.6 is 0 Å². The summed E-state index contributed by atoms with van der Waals surface area (Å²) in [4.78, 5) is 0. The molecule has 0 radical (unpaired) electrons. The number of hydrogen-bond donors (Lipinski definition) is 1. The van der Waals surface area contributed by atoms with E-state index in [4.69, 9.17) is 4.74 Å². The first-order chi connectivity index (χ1) is 8.18. The van der Waals surface area contributed by atoms with E-state index in [9.17, 15) is 5.11 Å². The molecule has 2 nitrogen and oxygen atoms in total. The van der Waals surface area contributed by atoms with Crippen molar-refractivity contribution in [3.63, 3.8) is 0 Å². The maximum Gasteiger partial charge on any atom is 0.125 e. The minimum Gasteiger partial charge on any atom is -0.493 e. The summed E-state index contributed by atoms with van der Waals surface area (Å²) in [6, 6.07) is 7.83. The molecule has 1 aliphatic heterocycles.